The van der Waals surface area contributed by atoms with Crippen molar-refractivity contribution in [2.24, 2.45) is 5.73 Å². The molecule has 5 heteroatoms. The monoisotopic (exact) mass is 359 g/mol. The number of rotatable bonds is 4. The molecule has 3 aromatic rings. The number of nitrogens with one attached hydrogen (secondary N) is 1. The summed E-state index contributed by atoms with van der Waals surface area (Å²) in [6, 6.07) is 17.1. The van der Waals surface area contributed by atoms with Crippen molar-refractivity contribution in [1.29, 1.82) is 0 Å². The lowest BCUT2D eigenvalue weighted by Gasteiger charge is -2.18. The van der Waals surface area contributed by atoms with Gasteiger partial charge in [0.2, 0.25) is 0 Å². The molecule has 5 nitrogen and oxygen atoms in total. The Bertz CT molecular complexity index is 1040. The van der Waals surface area contributed by atoms with Gasteiger partial charge in [-0.1, -0.05) is 18.2 Å². The summed E-state index contributed by atoms with van der Waals surface area (Å²) >= 11 is 0. The highest BCUT2D eigenvalue weighted by Crippen LogP contribution is 2.31. The van der Waals surface area contributed by atoms with Crippen LogP contribution in [0.2, 0.25) is 0 Å². The van der Waals surface area contributed by atoms with Crippen LogP contribution in [0, 0.1) is 6.92 Å². The van der Waals surface area contributed by atoms with Crippen LogP contribution in [0.5, 0.6) is 0 Å². The number of para-hydroxylation sites is 1. The van der Waals surface area contributed by atoms with Gasteiger partial charge in [-0.2, -0.15) is 0 Å². The van der Waals surface area contributed by atoms with Gasteiger partial charge < -0.3 is 15.6 Å². The Morgan fingerprint density at radius 1 is 1.07 bits per heavy atom. The molecule has 1 aliphatic carbocycles. The average Bonchev–Trinajstić information content (AvgIpc) is 3.00. The van der Waals surface area contributed by atoms with Crippen molar-refractivity contribution in [3.05, 3.63) is 77.1 Å². The number of carbonyl (C=O) groups is 2. The van der Waals surface area contributed by atoms with E-state index in [0.29, 0.717) is 17.7 Å². The van der Waals surface area contributed by atoms with Crippen LogP contribution >= 0.6 is 0 Å². The van der Waals surface area contributed by atoms with Gasteiger partial charge in [0.15, 0.2) is 5.78 Å². The van der Waals surface area contributed by atoms with Crippen LogP contribution in [0.1, 0.15) is 44.9 Å². The Morgan fingerprint density at radius 2 is 1.85 bits per heavy atom. The highest BCUT2D eigenvalue weighted by molar-refractivity contribution is 6.00. The fourth-order valence-electron chi connectivity index (χ4n) is 3.76. The quantitative estimate of drug-likeness (QED) is 0.735. The molecule has 136 valence electrons. The van der Waals surface area contributed by atoms with E-state index in [1.54, 1.807) is 6.07 Å². The number of fused-ring (bicyclic) bond motifs is 1. The maximum absolute atomic E-state index is 12.2. The van der Waals surface area contributed by atoms with Crippen LogP contribution in [-0.4, -0.2) is 16.3 Å². The maximum atomic E-state index is 12.2. The third kappa shape index (κ3) is 3.12. The highest BCUT2D eigenvalue weighted by atomic mass is 16.1. The SMILES string of the molecule is Cc1cc2c(n1-c1ccc(C(N)=O)c(Nc3ccccc3)c1)CCCC2=O. The zero-order chi connectivity index (χ0) is 19.0. The van der Waals surface area contributed by atoms with Gasteiger partial charge in [-0.05, 0) is 56.2 Å². The maximum Gasteiger partial charge on any atom is 0.250 e. The summed E-state index contributed by atoms with van der Waals surface area (Å²) in [5.41, 5.74) is 11.3. The van der Waals surface area contributed by atoms with Gasteiger partial charge in [0.1, 0.15) is 0 Å². The minimum atomic E-state index is -0.485. The number of hydrogen-bond donors (Lipinski definition) is 2. The number of benzene rings is 2. The molecule has 2 aromatic carbocycles. The Balaban J connectivity index is 1.82. The molecule has 0 saturated heterocycles. The van der Waals surface area contributed by atoms with E-state index < -0.39 is 5.91 Å². The first-order chi connectivity index (χ1) is 13.0. The average molecular weight is 359 g/mol. The van der Waals surface area contributed by atoms with Gasteiger partial charge in [-0.3, -0.25) is 9.59 Å². The molecular formula is C22H21N3O2. The van der Waals surface area contributed by atoms with Crippen LogP contribution in [-0.2, 0) is 6.42 Å². The smallest absolute Gasteiger partial charge is 0.250 e. The fourth-order valence-corrected chi connectivity index (χ4v) is 3.76. The molecule has 1 heterocycles. The van der Waals surface area contributed by atoms with E-state index in [1.807, 2.05) is 55.5 Å². The van der Waals surface area contributed by atoms with E-state index in [1.165, 1.54) is 0 Å². The Morgan fingerprint density at radius 3 is 2.59 bits per heavy atom. The summed E-state index contributed by atoms with van der Waals surface area (Å²) in [4.78, 5) is 24.1. The second kappa shape index (κ2) is 6.76. The molecule has 0 saturated carbocycles. The highest BCUT2D eigenvalue weighted by Gasteiger charge is 2.23. The summed E-state index contributed by atoms with van der Waals surface area (Å²) in [6.07, 6.45) is 2.34. The van der Waals surface area contributed by atoms with E-state index in [-0.39, 0.29) is 5.78 Å². The number of nitrogens with two attached hydrogens (primary N) is 1. The second-order valence-electron chi connectivity index (χ2n) is 6.84. The number of anilines is 2. The van der Waals surface area contributed by atoms with E-state index >= 15 is 0 Å². The lowest BCUT2D eigenvalue weighted by Crippen LogP contribution is -2.15. The van der Waals surface area contributed by atoms with E-state index in [9.17, 15) is 9.59 Å². The zero-order valence-electron chi connectivity index (χ0n) is 15.2. The molecule has 0 aliphatic heterocycles. The minimum Gasteiger partial charge on any atom is -0.366 e. The number of aryl methyl sites for hydroxylation is 1. The van der Waals surface area contributed by atoms with Gasteiger partial charge in [-0.25, -0.2) is 0 Å². The van der Waals surface area contributed by atoms with Crippen LogP contribution in [0.3, 0.4) is 0 Å². The summed E-state index contributed by atoms with van der Waals surface area (Å²) in [5, 5.41) is 3.28. The predicted octanol–water partition coefficient (Wildman–Crippen LogP) is 4.15. The molecular weight excluding hydrogens is 338 g/mol. The molecule has 4 rings (SSSR count). The molecule has 0 atom stereocenters. The number of ketones is 1. The number of primary amides is 1. The summed E-state index contributed by atoms with van der Waals surface area (Å²) in [5.74, 6) is -0.282. The first-order valence-corrected chi connectivity index (χ1v) is 9.05. The minimum absolute atomic E-state index is 0.203. The van der Waals surface area contributed by atoms with Gasteiger partial charge in [0, 0.05) is 34.7 Å². The summed E-state index contributed by atoms with van der Waals surface area (Å²) in [7, 11) is 0. The van der Waals surface area contributed by atoms with Crippen molar-refractivity contribution >= 4 is 23.1 Å². The van der Waals surface area contributed by atoms with Crippen molar-refractivity contribution in [2.75, 3.05) is 5.32 Å². The molecule has 0 radical (unpaired) electrons. The molecule has 27 heavy (non-hydrogen) atoms. The van der Waals surface area contributed by atoms with Gasteiger partial charge in [-0.15, -0.1) is 0 Å². The molecule has 0 unspecified atom stereocenters. The molecule has 3 N–H and O–H groups in total. The van der Waals surface area contributed by atoms with Crippen LogP contribution in [0.15, 0.2) is 54.6 Å². The third-order valence-electron chi connectivity index (χ3n) is 4.98. The molecule has 0 bridgehead atoms. The van der Waals surface area contributed by atoms with Crippen molar-refractivity contribution in [3.63, 3.8) is 0 Å². The number of aromatic nitrogens is 1. The van der Waals surface area contributed by atoms with E-state index in [0.717, 1.165) is 41.2 Å². The van der Waals surface area contributed by atoms with Crippen LogP contribution < -0.4 is 11.1 Å². The first-order valence-electron chi connectivity index (χ1n) is 9.05. The number of nitrogens with zero attached hydrogens (tertiary/aromatic N) is 1. The standard InChI is InChI=1S/C22H21N3O2/c1-14-12-18-20(8-5-9-21(18)26)25(14)16-10-11-17(22(23)27)19(13-16)24-15-6-3-2-4-7-15/h2-4,6-7,10-13,24H,5,8-9H2,1H3,(H2,23,27). The first kappa shape index (κ1) is 17.1. The van der Waals surface area contributed by atoms with Gasteiger partial charge >= 0.3 is 0 Å². The van der Waals surface area contributed by atoms with Crippen molar-refractivity contribution in [2.45, 2.75) is 26.2 Å². The predicted molar refractivity (Wildman–Crippen MR) is 106 cm³/mol. The molecule has 1 amide bonds. The molecule has 1 aromatic heterocycles. The number of carbonyl (C=O) groups excluding carboxylic acids is 2. The van der Waals surface area contributed by atoms with Crippen LogP contribution in [0.25, 0.3) is 5.69 Å². The third-order valence-corrected chi connectivity index (χ3v) is 4.98. The topological polar surface area (TPSA) is 77.1 Å². The van der Waals surface area contributed by atoms with Crippen molar-refractivity contribution in [3.8, 4) is 5.69 Å². The fraction of sp³-hybridized carbons (Fsp3) is 0.182. The van der Waals surface area contributed by atoms with Gasteiger partial charge in [0.05, 0.1) is 11.3 Å². The Hall–Kier alpha value is -3.34. The van der Waals surface area contributed by atoms with E-state index in [4.69, 9.17) is 5.73 Å². The Kier molecular flexibility index (Phi) is 4.28. The summed E-state index contributed by atoms with van der Waals surface area (Å²) in [6.45, 7) is 2.00. The van der Waals surface area contributed by atoms with E-state index in [2.05, 4.69) is 9.88 Å². The number of amides is 1. The Labute approximate surface area is 157 Å². The van der Waals surface area contributed by atoms with Crippen molar-refractivity contribution < 1.29 is 9.59 Å². The zero-order valence-corrected chi connectivity index (χ0v) is 15.2. The normalized spacial score (nSPS) is 13.3. The number of hydrogen-bond acceptors (Lipinski definition) is 3. The molecule has 1 aliphatic rings. The molecule has 0 spiro atoms. The number of Topliss-reactive ketones (excluding diaryl/α,β-unsaturated/α-hetero) is 1. The molecule has 0 fully saturated rings. The largest absolute Gasteiger partial charge is 0.366 e. The lowest BCUT2D eigenvalue weighted by molar-refractivity contribution is 0.0970. The lowest BCUT2D eigenvalue weighted by atomic mass is 9.96. The van der Waals surface area contributed by atoms with Crippen molar-refractivity contribution in [1.82, 2.24) is 4.57 Å². The van der Waals surface area contributed by atoms with Gasteiger partial charge in [0.25, 0.3) is 5.91 Å². The van der Waals surface area contributed by atoms with Crippen LogP contribution in [0.4, 0.5) is 11.4 Å². The summed E-state index contributed by atoms with van der Waals surface area (Å²) < 4.78 is 2.10. The second-order valence-corrected chi connectivity index (χ2v) is 6.84.